The lowest BCUT2D eigenvalue weighted by Gasteiger charge is -2.33. The number of nitrogens with one attached hydrogen (secondary N) is 1. The minimum Gasteiger partial charge on any atom is -0.359 e. The SMILES string of the molecule is CC(C)CN1CCC(Nc2ncc(Cn3cc(Br)cn3)s2)CC1. The number of nitrogens with zero attached hydrogens (tertiary/aromatic N) is 4. The van der Waals surface area contributed by atoms with Crippen molar-refractivity contribution in [3.8, 4) is 0 Å². The molecule has 1 N–H and O–H groups in total. The third-order valence-electron chi connectivity index (χ3n) is 4.01. The van der Waals surface area contributed by atoms with Crippen LogP contribution in [0.4, 0.5) is 5.13 Å². The molecule has 1 aliphatic rings. The van der Waals surface area contributed by atoms with E-state index in [0.717, 1.165) is 22.1 Å². The van der Waals surface area contributed by atoms with Crippen LogP contribution in [0.2, 0.25) is 0 Å². The Hall–Kier alpha value is -0.920. The predicted octanol–water partition coefficient (Wildman–Crippen LogP) is 3.68. The summed E-state index contributed by atoms with van der Waals surface area (Å²) in [6.45, 7) is 8.95. The number of halogens is 1. The summed E-state index contributed by atoms with van der Waals surface area (Å²) in [5.41, 5.74) is 0. The highest BCUT2D eigenvalue weighted by Crippen LogP contribution is 2.23. The third-order valence-corrected chi connectivity index (χ3v) is 5.33. The summed E-state index contributed by atoms with van der Waals surface area (Å²) < 4.78 is 2.93. The van der Waals surface area contributed by atoms with E-state index in [9.17, 15) is 0 Å². The summed E-state index contributed by atoms with van der Waals surface area (Å²) >= 11 is 5.15. The fourth-order valence-electron chi connectivity index (χ4n) is 2.98. The predicted molar refractivity (Wildman–Crippen MR) is 99.1 cm³/mol. The maximum atomic E-state index is 4.52. The summed E-state index contributed by atoms with van der Waals surface area (Å²) in [6, 6.07) is 0.552. The van der Waals surface area contributed by atoms with Gasteiger partial charge in [0.25, 0.3) is 0 Å². The number of rotatable bonds is 6. The monoisotopic (exact) mass is 397 g/mol. The van der Waals surface area contributed by atoms with E-state index in [1.54, 1.807) is 11.3 Å². The zero-order valence-electron chi connectivity index (χ0n) is 13.7. The molecule has 126 valence electrons. The maximum Gasteiger partial charge on any atom is 0.183 e. The Kier molecular flexibility index (Phi) is 5.71. The van der Waals surface area contributed by atoms with Gasteiger partial charge in [0.2, 0.25) is 0 Å². The molecular formula is C16H24BrN5S. The highest BCUT2D eigenvalue weighted by molar-refractivity contribution is 9.10. The average molecular weight is 398 g/mol. The van der Waals surface area contributed by atoms with Crippen LogP contribution in [0.25, 0.3) is 0 Å². The Bertz CT molecular complexity index is 616. The van der Waals surface area contributed by atoms with Crippen LogP contribution in [-0.2, 0) is 6.54 Å². The second kappa shape index (κ2) is 7.77. The smallest absolute Gasteiger partial charge is 0.183 e. The molecule has 1 aliphatic heterocycles. The average Bonchev–Trinajstić information content (AvgIpc) is 3.10. The van der Waals surface area contributed by atoms with Gasteiger partial charge in [0.15, 0.2) is 5.13 Å². The van der Waals surface area contributed by atoms with Crippen molar-refractivity contribution in [1.82, 2.24) is 19.7 Å². The normalized spacial score (nSPS) is 17.0. The van der Waals surface area contributed by atoms with Gasteiger partial charge in [-0.1, -0.05) is 13.8 Å². The van der Waals surface area contributed by atoms with Crippen LogP contribution < -0.4 is 5.32 Å². The molecule has 3 heterocycles. The van der Waals surface area contributed by atoms with Gasteiger partial charge >= 0.3 is 0 Å². The van der Waals surface area contributed by atoms with Crippen LogP contribution >= 0.6 is 27.3 Å². The van der Waals surface area contributed by atoms with Gasteiger partial charge in [0, 0.05) is 42.9 Å². The molecule has 1 saturated heterocycles. The van der Waals surface area contributed by atoms with Crippen molar-refractivity contribution in [3.05, 3.63) is 27.9 Å². The minimum absolute atomic E-state index is 0.552. The fourth-order valence-corrected chi connectivity index (χ4v) is 4.19. The lowest BCUT2D eigenvalue weighted by Crippen LogP contribution is -2.40. The van der Waals surface area contributed by atoms with E-state index in [1.165, 1.54) is 37.4 Å². The fraction of sp³-hybridized carbons (Fsp3) is 0.625. The second-order valence-electron chi connectivity index (χ2n) is 6.60. The molecule has 7 heteroatoms. The van der Waals surface area contributed by atoms with Crippen LogP contribution in [0.1, 0.15) is 31.6 Å². The van der Waals surface area contributed by atoms with Gasteiger partial charge in [-0.15, -0.1) is 11.3 Å². The number of likely N-dealkylation sites (tertiary alicyclic amines) is 1. The third kappa shape index (κ3) is 5.02. The number of aromatic nitrogens is 3. The molecule has 2 aromatic rings. The topological polar surface area (TPSA) is 46.0 Å². The summed E-state index contributed by atoms with van der Waals surface area (Å²) in [5.74, 6) is 0.753. The van der Waals surface area contributed by atoms with Crippen LogP contribution in [-0.4, -0.2) is 45.3 Å². The van der Waals surface area contributed by atoms with Crippen molar-refractivity contribution >= 4 is 32.4 Å². The molecule has 0 atom stereocenters. The van der Waals surface area contributed by atoms with E-state index in [0.29, 0.717) is 6.04 Å². The van der Waals surface area contributed by atoms with E-state index in [1.807, 2.05) is 23.3 Å². The van der Waals surface area contributed by atoms with Gasteiger partial charge in [-0.3, -0.25) is 4.68 Å². The molecule has 0 amide bonds. The van der Waals surface area contributed by atoms with Gasteiger partial charge in [0.1, 0.15) is 0 Å². The molecule has 1 fully saturated rings. The molecule has 3 rings (SSSR count). The summed E-state index contributed by atoms with van der Waals surface area (Å²) in [4.78, 5) is 8.32. The molecule has 5 nitrogen and oxygen atoms in total. The van der Waals surface area contributed by atoms with Crippen LogP contribution in [0.3, 0.4) is 0 Å². The van der Waals surface area contributed by atoms with Crippen LogP contribution in [0, 0.1) is 5.92 Å². The van der Waals surface area contributed by atoms with Crippen molar-refractivity contribution in [2.24, 2.45) is 5.92 Å². The summed E-state index contributed by atoms with van der Waals surface area (Å²) in [6.07, 6.45) is 8.15. The first-order chi connectivity index (χ1) is 11.1. The zero-order chi connectivity index (χ0) is 16.2. The summed E-state index contributed by atoms with van der Waals surface area (Å²) in [7, 11) is 0. The lowest BCUT2D eigenvalue weighted by molar-refractivity contribution is 0.198. The van der Waals surface area contributed by atoms with E-state index >= 15 is 0 Å². The Morgan fingerprint density at radius 1 is 1.35 bits per heavy atom. The lowest BCUT2D eigenvalue weighted by atomic mass is 10.0. The molecule has 0 bridgehead atoms. The second-order valence-corrected chi connectivity index (χ2v) is 8.63. The number of thiazole rings is 1. The Morgan fingerprint density at radius 2 is 2.13 bits per heavy atom. The first-order valence-electron chi connectivity index (χ1n) is 8.20. The molecule has 0 aliphatic carbocycles. The largest absolute Gasteiger partial charge is 0.359 e. The molecule has 0 radical (unpaired) electrons. The molecule has 0 aromatic carbocycles. The Morgan fingerprint density at radius 3 is 2.78 bits per heavy atom. The Balaban J connectivity index is 1.48. The highest BCUT2D eigenvalue weighted by atomic mass is 79.9. The molecule has 0 unspecified atom stereocenters. The molecular weight excluding hydrogens is 374 g/mol. The zero-order valence-corrected chi connectivity index (χ0v) is 16.1. The standard InChI is InChI=1S/C16H24BrN5S/c1-12(2)9-21-5-3-14(4-6-21)20-16-18-8-15(23-16)11-22-10-13(17)7-19-22/h7-8,10,12,14H,3-6,9,11H2,1-2H3,(H,18,20). The van der Waals surface area contributed by atoms with Crippen molar-refractivity contribution in [3.63, 3.8) is 0 Å². The van der Waals surface area contributed by atoms with E-state index in [2.05, 4.69) is 50.1 Å². The molecule has 0 spiro atoms. The van der Waals surface area contributed by atoms with Gasteiger partial charge in [0.05, 0.1) is 17.2 Å². The van der Waals surface area contributed by atoms with Gasteiger partial charge < -0.3 is 10.2 Å². The van der Waals surface area contributed by atoms with Gasteiger partial charge in [-0.05, 0) is 34.7 Å². The van der Waals surface area contributed by atoms with E-state index in [4.69, 9.17) is 0 Å². The highest BCUT2D eigenvalue weighted by Gasteiger charge is 2.20. The number of piperidine rings is 1. The summed E-state index contributed by atoms with van der Waals surface area (Å²) in [5, 5.41) is 8.93. The van der Waals surface area contributed by atoms with Crippen molar-refractivity contribution in [1.29, 1.82) is 0 Å². The molecule has 0 saturated carbocycles. The van der Waals surface area contributed by atoms with Gasteiger partial charge in [-0.2, -0.15) is 5.10 Å². The minimum atomic E-state index is 0.552. The van der Waals surface area contributed by atoms with Crippen molar-refractivity contribution < 1.29 is 0 Å². The molecule has 2 aromatic heterocycles. The Labute approximate surface area is 150 Å². The van der Waals surface area contributed by atoms with E-state index < -0.39 is 0 Å². The number of anilines is 1. The van der Waals surface area contributed by atoms with Crippen LogP contribution in [0.5, 0.6) is 0 Å². The van der Waals surface area contributed by atoms with Crippen molar-refractivity contribution in [2.45, 2.75) is 39.3 Å². The molecule has 23 heavy (non-hydrogen) atoms. The number of hydrogen-bond acceptors (Lipinski definition) is 5. The first kappa shape index (κ1) is 16.9. The van der Waals surface area contributed by atoms with E-state index in [-0.39, 0.29) is 0 Å². The quantitative estimate of drug-likeness (QED) is 0.807. The maximum absolute atomic E-state index is 4.52. The van der Waals surface area contributed by atoms with Crippen molar-refractivity contribution in [2.75, 3.05) is 25.0 Å². The number of hydrogen-bond donors (Lipinski definition) is 1. The first-order valence-corrected chi connectivity index (χ1v) is 9.81. The van der Waals surface area contributed by atoms with Gasteiger partial charge in [-0.25, -0.2) is 4.98 Å². The van der Waals surface area contributed by atoms with Crippen LogP contribution in [0.15, 0.2) is 23.1 Å².